The van der Waals surface area contributed by atoms with Crippen molar-refractivity contribution < 1.29 is 9.90 Å². The number of hydrogen-bond donors (Lipinski definition) is 1. The Labute approximate surface area is 125 Å². The maximum atomic E-state index is 10.7. The molecule has 0 spiro atoms. The van der Waals surface area contributed by atoms with Gasteiger partial charge in [-0.05, 0) is 25.2 Å². The second-order valence-corrected chi connectivity index (χ2v) is 5.59. The SMILES string of the molecule is C=CC=CCCCCCCCCCC(CC)CC(=O)O. The fourth-order valence-corrected chi connectivity index (χ4v) is 2.47. The molecule has 0 saturated carbocycles. The maximum Gasteiger partial charge on any atom is 0.303 e. The predicted octanol–water partition coefficient (Wildman–Crippen LogP) is 5.74. The third-order valence-electron chi connectivity index (χ3n) is 3.80. The molecule has 0 heterocycles. The van der Waals surface area contributed by atoms with E-state index in [1.165, 1.54) is 51.4 Å². The lowest BCUT2D eigenvalue weighted by Crippen LogP contribution is -2.06. The summed E-state index contributed by atoms with van der Waals surface area (Å²) >= 11 is 0. The number of rotatable bonds is 14. The lowest BCUT2D eigenvalue weighted by molar-refractivity contribution is -0.138. The van der Waals surface area contributed by atoms with Crippen LogP contribution in [-0.4, -0.2) is 11.1 Å². The van der Waals surface area contributed by atoms with E-state index in [9.17, 15) is 4.79 Å². The van der Waals surface area contributed by atoms with Gasteiger partial charge in [-0.15, -0.1) is 0 Å². The topological polar surface area (TPSA) is 37.3 Å². The van der Waals surface area contributed by atoms with E-state index < -0.39 is 5.97 Å². The number of carbonyl (C=O) groups is 1. The Morgan fingerprint density at radius 3 is 2.25 bits per heavy atom. The van der Waals surface area contributed by atoms with Crippen LogP contribution in [0.2, 0.25) is 0 Å². The number of hydrogen-bond acceptors (Lipinski definition) is 1. The highest BCUT2D eigenvalue weighted by Gasteiger charge is 2.10. The van der Waals surface area contributed by atoms with E-state index in [1.54, 1.807) is 0 Å². The van der Waals surface area contributed by atoms with Gasteiger partial charge < -0.3 is 5.11 Å². The number of unbranched alkanes of at least 4 members (excludes halogenated alkanes) is 7. The van der Waals surface area contributed by atoms with Gasteiger partial charge in [0.05, 0.1) is 0 Å². The van der Waals surface area contributed by atoms with E-state index in [1.807, 2.05) is 12.2 Å². The molecule has 116 valence electrons. The van der Waals surface area contributed by atoms with Crippen molar-refractivity contribution in [1.82, 2.24) is 0 Å². The molecule has 0 radical (unpaired) electrons. The Kier molecular flexibility index (Phi) is 13.6. The third kappa shape index (κ3) is 13.4. The van der Waals surface area contributed by atoms with Gasteiger partial charge in [0.2, 0.25) is 0 Å². The molecule has 20 heavy (non-hydrogen) atoms. The van der Waals surface area contributed by atoms with E-state index in [2.05, 4.69) is 19.6 Å². The zero-order chi connectivity index (χ0) is 15.1. The van der Waals surface area contributed by atoms with Gasteiger partial charge in [0.15, 0.2) is 0 Å². The third-order valence-corrected chi connectivity index (χ3v) is 3.80. The molecule has 0 aliphatic rings. The molecule has 0 rings (SSSR count). The number of carboxylic acids is 1. The fourth-order valence-electron chi connectivity index (χ4n) is 2.47. The summed E-state index contributed by atoms with van der Waals surface area (Å²) in [5.41, 5.74) is 0. The standard InChI is InChI=1S/C18H32O2/c1-3-5-6-7-8-9-10-11-12-13-14-15-17(4-2)16-18(19)20/h3,5-6,17H,1,4,7-16H2,2H3,(H,19,20). The maximum absolute atomic E-state index is 10.7. The summed E-state index contributed by atoms with van der Waals surface area (Å²) in [6.45, 7) is 5.74. The average molecular weight is 280 g/mol. The molecule has 0 aromatic rings. The van der Waals surface area contributed by atoms with Gasteiger partial charge in [0, 0.05) is 6.42 Å². The molecule has 0 aliphatic carbocycles. The monoisotopic (exact) mass is 280 g/mol. The lowest BCUT2D eigenvalue weighted by Gasteiger charge is -2.11. The molecule has 0 aromatic heterocycles. The van der Waals surface area contributed by atoms with Crippen LogP contribution in [0.5, 0.6) is 0 Å². The molecular weight excluding hydrogens is 248 g/mol. The van der Waals surface area contributed by atoms with Gasteiger partial charge >= 0.3 is 5.97 Å². The van der Waals surface area contributed by atoms with Crippen molar-refractivity contribution in [2.45, 2.75) is 77.6 Å². The first-order valence-electron chi connectivity index (χ1n) is 8.20. The largest absolute Gasteiger partial charge is 0.481 e. The van der Waals surface area contributed by atoms with Crippen molar-refractivity contribution in [1.29, 1.82) is 0 Å². The lowest BCUT2D eigenvalue weighted by atomic mass is 9.95. The van der Waals surface area contributed by atoms with Gasteiger partial charge in [-0.1, -0.05) is 76.7 Å². The first kappa shape index (κ1) is 18.9. The van der Waals surface area contributed by atoms with Crippen LogP contribution in [0.25, 0.3) is 0 Å². The quantitative estimate of drug-likeness (QED) is 0.325. The second-order valence-electron chi connectivity index (χ2n) is 5.59. The van der Waals surface area contributed by atoms with Gasteiger partial charge in [-0.3, -0.25) is 4.79 Å². The first-order chi connectivity index (χ1) is 9.70. The minimum absolute atomic E-state index is 0.342. The molecular formula is C18H32O2. The summed E-state index contributed by atoms with van der Waals surface area (Å²) in [7, 11) is 0. The van der Waals surface area contributed by atoms with E-state index in [-0.39, 0.29) is 0 Å². The van der Waals surface area contributed by atoms with Gasteiger partial charge in [0.1, 0.15) is 0 Å². The van der Waals surface area contributed by atoms with Crippen molar-refractivity contribution in [3.05, 3.63) is 24.8 Å². The molecule has 0 saturated heterocycles. The summed E-state index contributed by atoms with van der Waals surface area (Å²) < 4.78 is 0. The summed E-state index contributed by atoms with van der Waals surface area (Å²) in [5, 5.41) is 8.78. The zero-order valence-corrected chi connectivity index (χ0v) is 13.2. The van der Waals surface area contributed by atoms with Crippen molar-refractivity contribution in [3.8, 4) is 0 Å². The van der Waals surface area contributed by atoms with Crippen molar-refractivity contribution in [2.24, 2.45) is 5.92 Å². The summed E-state index contributed by atoms with van der Waals surface area (Å²) in [6, 6.07) is 0. The molecule has 2 heteroatoms. The van der Waals surface area contributed by atoms with Crippen LogP contribution >= 0.6 is 0 Å². The summed E-state index contributed by atoms with van der Waals surface area (Å²) in [4.78, 5) is 10.7. The van der Waals surface area contributed by atoms with Crippen LogP contribution in [-0.2, 0) is 4.79 Å². The highest BCUT2D eigenvalue weighted by atomic mass is 16.4. The Morgan fingerprint density at radius 1 is 1.10 bits per heavy atom. The molecule has 1 atom stereocenters. The molecule has 0 aromatic carbocycles. The number of allylic oxidation sites excluding steroid dienone is 3. The van der Waals surface area contributed by atoms with Crippen LogP contribution in [0.15, 0.2) is 24.8 Å². The first-order valence-corrected chi connectivity index (χ1v) is 8.20. The molecule has 0 fully saturated rings. The Morgan fingerprint density at radius 2 is 1.70 bits per heavy atom. The van der Waals surface area contributed by atoms with E-state index in [0.717, 1.165) is 12.8 Å². The molecule has 2 nitrogen and oxygen atoms in total. The van der Waals surface area contributed by atoms with Crippen molar-refractivity contribution >= 4 is 5.97 Å². The van der Waals surface area contributed by atoms with Crippen LogP contribution < -0.4 is 0 Å². The molecule has 0 aliphatic heterocycles. The minimum atomic E-state index is -0.651. The molecule has 0 amide bonds. The van der Waals surface area contributed by atoms with Gasteiger partial charge in [-0.2, -0.15) is 0 Å². The van der Waals surface area contributed by atoms with Crippen LogP contribution in [0.1, 0.15) is 77.6 Å². The van der Waals surface area contributed by atoms with Crippen molar-refractivity contribution in [2.75, 3.05) is 0 Å². The number of carboxylic acid groups (broad SMARTS) is 1. The Hall–Kier alpha value is -1.05. The summed E-state index contributed by atoms with van der Waals surface area (Å²) in [5.74, 6) is -0.272. The highest BCUT2D eigenvalue weighted by molar-refractivity contribution is 5.66. The molecule has 1 unspecified atom stereocenters. The van der Waals surface area contributed by atoms with E-state index in [0.29, 0.717) is 12.3 Å². The average Bonchev–Trinajstić information content (AvgIpc) is 2.43. The molecule has 1 N–H and O–H groups in total. The second kappa shape index (κ2) is 14.4. The smallest absolute Gasteiger partial charge is 0.303 e. The Bertz CT molecular complexity index is 269. The minimum Gasteiger partial charge on any atom is -0.481 e. The number of aliphatic carboxylic acids is 1. The van der Waals surface area contributed by atoms with Crippen molar-refractivity contribution in [3.63, 3.8) is 0 Å². The summed E-state index contributed by atoms with van der Waals surface area (Å²) in [6.07, 6.45) is 18.6. The van der Waals surface area contributed by atoms with Crippen LogP contribution in [0, 0.1) is 5.92 Å². The van der Waals surface area contributed by atoms with E-state index in [4.69, 9.17) is 5.11 Å². The van der Waals surface area contributed by atoms with E-state index >= 15 is 0 Å². The van der Waals surface area contributed by atoms with Gasteiger partial charge in [0.25, 0.3) is 0 Å². The predicted molar refractivity (Wildman–Crippen MR) is 86.9 cm³/mol. The zero-order valence-electron chi connectivity index (χ0n) is 13.2. The van der Waals surface area contributed by atoms with Crippen LogP contribution in [0.4, 0.5) is 0 Å². The fraction of sp³-hybridized carbons (Fsp3) is 0.722. The molecule has 0 bridgehead atoms. The van der Waals surface area contributed by atoms with Gasteiger partial charge in [-0.25, -0.2) is 0 Å². The van der Waals surface area contributed by atoms with Crippen LogP contribution in [0.3, 0.4) is 0 Å². The Balaban J connectivity index is 3.29. The highest BCUT2D eigenvalue weighted by Crippen LogP contribution is 2.18. The normalized spacial score (nSPS) is 12.7.